The summed E-state index contributed by atoms with van der Waals surface area (Å²) >= 11 is 1.63. The number of fused-ring (bicyclic) bond motifs is 1. The Balaban J connectivity index is 0.000000830. The maximum atomic E-state index is 12.7. The van der Waals surface area contributed by atoms with Gasteiger partial charge in [-0.15, -0.1) is 17.8 Å². The SMILES string of the molecule is C#CS(=O)(=O)NCC(NC(=O)CCc1nc2ccc(C(C)C)cc2s1)C1CCCCC1.CCC(N)=O. The van der Waals surface area contributed by atoms with Crippen molar-refractivity contribution in [3.63, 3.8) is 0 Å². The van der Waals surface area contributed by atoms with E-state index in [0.29, 0.717) is 25.2 Å². The molecule has 1 heterocycles. The lowest BCUT2D eigenvalue weighted by molar-refractivity contribution is -0.122. The number of sulfonamides is 1. The molecule has 36 heavy (non-hydrogen) atoms. The number of carbonyl (C=O) groups is 2. The molecule has 2 aromatic rings. The van der Waals surface area contributed by atoms with Gasteiger partial charge in [0.05, 0.1) is 15.2 Å². The molecule has 0 radical (unpaired) electrons. The summed E-state index contributed by atoms with van der Waals surface area (Å²) in [5.74, 6) is 0.391. The van der Waals surface area contributed by atoms with Crippen LogP contribution in [0.4, 0.5) is 0 Å². The molecule has 1 atom stereocenters. The number of aromatic nitrogens is 1. The standard InChI is InChI=1S/C23H31N3O3S2.C3H7NO/c1-4-31(28,29)24-15-20(17-8-6-5-7-9-17)25-22(27)12-13-23-26-19-11-10-18(16(2)3)14-21(19)30-23;1-2-3(4)5/h1,10-11,14,16-17,20,24H,5-9,12-13,15H2,2-3H3,(H,25,27);2H2,1H3,(H2,4,5). The fourth-order valence-electron chi connectivity index (χ4n) is 4.07. The van der Waals surface area contributed by atoms with E-state index in [1.165, 1.54) is 12.0 Å². The molecule has 1 aromatic carbocycles. The highest BCUT2D eigenvalue weighted by Crippen LogP contribution is 2.28. The van der Waals surface area contributed by atoms with Crippen LogP contribution in [0.1, 0.15) is 82.2 Å². The number of carbonyl (C=O) groups excluding carboxylic acids is 2. The number of nitrogens with zero attached hydrogens (tertiary/aromatic N) is 1. The molecule has 0 bridgehead atoms. The molecule has 198 valence electrons. The molecule has 0 spiro atoms. The predicted molar refractivity (Wildman–Crippen MR) is 146 cm³/mol. The summed E-state index contributed by atoms with van der Waals surface area (Å²) in [4.78, 5) is 26.9. The highest BCUT2D eigenvalue weighted by atomic mass is 32.2. The number of rotatable bonds is 10. The van der Waals surface area contributed by atoms with Crippen LogP contribution in [-0.4, -0.2) is 37.8 Å². The Kier molecular flexibility index (Phi) is 11.8. The topological polar surface area (TPSA) is 131 Å². The van der Waals surface area contributed by atoms with Crippen LogP contribution in [0.2, 0.25) is 0 Å². The average molecular weight is 535 g/mol. The summed E-state index contributed by atoms with van der Waals surface area (Å²) in [6.07, 6.45) is 11.7. The van der Waals surface area contributed by atoms with Crippen molar-refractivity contribution in [3.05, 3.63) is 28.8 Å². The number of thiazole rings is 1. The fourth-order valence-corrected chi connectivity index (χ4v) is 5.57. The van der Waals surface area contributed by atoms with Gasteiger partial charge in [-0.1, -0.05) is 46.1 Å². The second-order valence-corrected chi connectivity index (χ2v) is 12.0. The van der Waals surface area contributed by atoms with E-state index in [2.05, 4.69) is 46.7 Å². The Hall–Kier alpha value is -2.48. The Morgan fingerprint density at radius 2 is 1.92 bits per heavy atom. The first-order valence-electron chi connectivity index (χ1n) is 12.5. The minimum absolute atomic E-state index is 0.0856. The van der Waals surface area contributed by atoms with Gasteiger partial charge in [0.2, 0.25) is 11.8 Å². The molecule has 4 N–H and O–H groups in total. The molecule has 0 aliphatic heterocycles. The zero-order valence-electron chi connectivity index (χ0n) is 21.4. The van der Waals surface area contributed by atoms with E-state index in [0.717, 1.165) is 40.9 Å². The van der Waals surface area contributed by atoms with Gasteiger partial charge in [-0.25, -0.2) is 9.71 Å². The Labute approximate surface area is 218 Å². The third-order valence-corrected chi connectivity index (χ3v) is 8.19. The van der Waals surface area contributed by atoms with Gasteiger partial charge in [-0.2, -0.15) is 8.42 Å². The van der Waals surface area contributed by atoms with Gasteiger partial charge < -0.3 is 11.1 Å². The molecule has 1 aromatic heterocycles. The van der Waals surface area contributed by atoms with Crippen LogP contribution in [0.25, 0.3) is 10.2 Å². The van der Waals surface area contributed by atoms with Crippen molar-refractivity contribution in [3.8, 4) is 11.7 Å². The van der Waals surface area contributed by atoms with Gasteiger partial charge in [0.1, 0.15) is 0 Å². The van der Waals surface area contributed by atoms with E-state index < -0.39 is 10.0 Å². The van der Waals surface area contributed by atoms with Crippen LogP contribution in [0.5, 0.6) is 0 Å². The van der Waals surface area contributed by atoms with Crippen LogP contribution in [-0.2, 0) is 26.0 Å². The number of hydrogen-bond donors (Lipinski definition) is 3. The van der Waals surface area contributed by atoms with Gasteiger partial charge in [0, 0.05) is 37.1 Å². The zero-order chi connectivity index (χ0) is 26.7. The predicted octanol–water partition coefficient (Wildman–Crippen LogP) is 3.81. The second kappa shape index (κ2) is 14.3. The summed E-state index contributed by atoms with van der Waals surface area (Å²) in [5.41, 5.74) is 6.90. The van der Waals surface area contributed by atoms with Crippen molar-refractivity contribution in [1.82, 2.24) is 15.0 Å². The van der Waals surface area contributed by atoms with Crippen LogP contribution < -0.4 is 15.8 Å². The molecule has 1 aliphatic carbocycles. The second-order valence-electron chi connectivity index (χ2n) is 9.35. The van der Waals surface area contributed by atoms with Crippen molar-refractivity contribution in [2.75, 3.05) is 6.54 Å². The average Bonchev–Trinajstić information content (AvgIpc) is 3.28. The van der Waals surface area contributed by atoms with Gasteiger partial charge >= 0.3 is 0 Å². The van der Waals surface area contributed by atoms with E-state index in [1.54, 1.807) is 23.5 Å². The van der Waals surface area contributed by atoms with Crippen molar-refractivity contribution in [1.29, 1.82) is 0 Å². The molecular weight excluding hydrogens is 496 g/mol. The number of aryl methyl sites for hydroxylation is 1. The monoisotopic (exact) mass is 534 g/mol. The highest BCUT2D eigenvalue weighted by Gasteiger charge is 2.26. The number of hydrogen-bond acceptors (Lipinski definition) is 6. The summed E-state index contributed by atoms with van der Waals surface area (Å²) in [7, 11) is -3.75. The van der Waals surface area contributed by atoms with Gasteiger partial charge in [0.25, 0.3) is 10.0 Å². The molecule has 1 saturated carbocycles. The van der Waals surface area contributed by atoms with E-state index in [4.69, 9.17) is 6.42 Å². The van der Waals surface area contributed by atoms with E-state index in [1.807, 2.05) is 6.07 Å². The van der Waals surface area contributed by atoms with Crippen LogP contribution >= 0.6 is 11.3 Å². The first-order chi connectivity index (χ1) is 17.0. The highest BCUT2D eigenvalue weighted by molar-refractivity contribution is 7.94. The third-order valence-electron chi connectivity index (χ3n) is 6.25. The minimum Gasteiger partial charge on any atom is -0.370 e. The quantitative estimate of drug-likeness (QED) is 0.399. The molecule has 10 heteroatoms. The lowest BCUT2D eigenvalue weighted by atomic mass is 9.84. The maximum absolute atomic E-state index is 12.7. The van der Waals surface area contributed by atoms with Crippen molar-refractivity contribution in [2.45, 2.75) is 84.1 Å². The largest absolute Gasteiger partial charge is 0.370 e. The Bertz CT molecular complexity index is 1160. The third kappa shape index (κ3) is 9.88. The molecule has 3 rings (SSSR count). The van der Waals surface area contributed by atoms with Crippen LogP contribution in [0, 0.1) is 17.6 Å². The lowest BCUT2D eigenvalue weighted by Gasteiger charge is -2.31. The summed E-state index contributed by atoms with van der Waals surface area (Å²) in [5, 5.41) is 5.76. The van der Waals surface area contributed by atoms with Crippen molar-refractivity contribution >= 4 is 43.4 Å². The number of primary amides is 1. The fraction of sp³-hybridized carbons (Fsp3) is 0.577. The molecule has 1 aliphatic rings. The summed E-state index contributed by atoms with van der Waals surface area (Å²) in [6, 6.07) is 6.08. The van der Waals surface area contributed by atoms with Crippen LogP contribution in [0.15, 0.2) is 18.2 Å². The molecule has 0 saturated heterocycles. The van der Waals surface area contributed by atoms with E-state index in [9.17, 15) is 18.0 Å². The molecule has 1 fully saturated rings. The lowest BCUT2D eigenvalue weighted by Crippen LogP contribution is -2.48. The van der Waals surface area contributed by atoms with Gasteiger partial charge in [-0.05, 0) is 42.4 Å². The molecule has 8 nitrogen and oxygen atoms in total. The number of benzene rings is 1. The van der Waals surface area contributed by atoms with Gasteiger partial charge in [-0.3, -0.25) is 9.59 Å². The van der Waals surface area contributed by atoms with Crippen molar-refractivity contribution in [2.24, 2.45) is 11.7 Å². The van der Waals surface area contributed by atoms with Crippen LogP contribution in [0.3, 0.4) is 0 Å². The number of terminal acetylenes is 1. The van der Waals surface area contributed by atoms with Gasteiger partial charge in [0.15, 0.2) is 0 Å². The normalized spacial score (nSPS) is 15.1. The molecule has 1 unspecified atom stereocenters. The summed E-state index contributed by atoms with van der Waals surface area (Å²) < 4.78 is 26.9. The minimum atomic E-state index is -3.75. The first kappa shape index (κ1) is 29.7. The first-order valence-corrected chi connectivity index (χ1v) is 14.8. The number of amides is 2. The smallest absolute Gasteiger partial charge is 0.280 e. The number of nitrogens with one attached hydrogen (secondary N) is 2. The Morgan fingerprint density at radius 3 is 2.50 bits per heavy atom. The summed E-state index contributed by atoms with van der Waals surface area (Å²) in [6.45, 7) is 6.18. The zero-order valence-corrected chi connectivity index (χ0v) is 23.0. The van der Waals surface area contributed by atoms with E-state index >= 15 is 0 Å². The number of nitrogens with two attached hydrogens (primary N) is 1. The van der Waals surface area contributed by atoms with Crippen molar-refractivity contribution < 1.29 is 18.0 Å². The van der Waals surface area contributed by atoms with E-state index in [-0.39, 0.29) is 30.3 Å². The Morgan fingerprint density at radius 1 is 1.25 bits per heavy atom. The molecule has 2 amide bonds. The maximum Gasteiger partial charge on any atom is 0.280 e. The molecular formula is C26H38N4O4S2.